The van der Waals surface area contributed by atoms with Gasteiger partial charge < -0.3 is 9.29 Å². The smallest absolute Gasteiger partial charge is 0.438 e. The molecule has 24 heavy (non-hydrogen) atoms. The fourth-order valence-corrected chi connectivity index (χ4v) is 2.98. The highest BCUT2D eigenvalue weighted by atomic mass is 127. The van der Waals surface area contributed by atoms with E-state index >= 15 is 0 Å². The van der Waals surface area contributed by atoms with Crippen molar-refractivity contribution in [3.05, 3.63) is 33.4 Å². The molecule has 0 aliphatic carbocycles. The second-order valence-electron chi connectivity index (χ2n) is 4.42. The minimum Gasteiger partial charge on any atom is -0.748 e. The molecular weight excluding hydrogens is 485 g/mol. The van der Waals surface area contributed by atoms with E-state index in [1.807, 2.05) is 0 Å². The fraction of sp³-hybridized carbons (Fsp3) is 0.364. The molecule has 0 spiro atoms. The Balaban J connectivity index is 3.45. The van der Waals surface area contributed by atoms with Crippen LogP contribution in [-0.4, -0.2) is 42.6 Å². The van der Waals surface area contributed by atoms with Crippen molar-refractivity contribution in [3.8, 4) is 0 Å². The molecule has 0 aliphatic heterocycles. The number of ether oxygens (including phenoxy) is 1. The molecule has 0 amide bonds. The number of alkyl halides is 6. The molecule has 1 aromatic carbocycles. The van der Waals surface area contributed by atoms with Crippen molar-refractivity contribution in [3.63, 3.8) is 0 Å². The number of benzene rings is 1. The number of carbonyl (C=O) groups is 1. The molecule has 13 heteroatoms. The maximum atomic E-state index is 13.0. The van der Waals surface area contributed by atoms with Gasteiger partial charge in [-0.2, -0.15) is 26.3 Å². The summed E-state index contributed by atoms with van der Waals surface area (Å²) in [5, 5.41) is 0. The zero-order valence-electron chi connectivity index (χ0n) is 11.1. The highest BCUT2D eigenvalue weighted by Crippen LogP contribution is 2.47. The van der Waals surface area contributed by atoms with Gasteiger partial charge in [0.05, 0.1) is 21.4 Å². The quantitative estimate of drug-likeness (QED) is 0.280. The van der Waals surface area contributed by atoms with Crippen molar-refractivity contribution in [2.45, 2.75) is 18.0 Å². The Bertz CT molecular complexity index is 713. The first-order valence-corrected chi connectivity index (χ1v) is 8.30. The van der Waals surface area contributed by atoms with Gasteiger partial charge in [-0.1, -0.05) is 6.07 Å². The predicted molar refractivity (Wildman–Crippen MR) is 74.0 cm³/mol. The molecule has 0 radical (unpaired) electrons. The van der Waals surface area contributed by atoms with E-state index in [-0.39, 0.29) is 0 Å². The van der Waals surface area contributed by atoms with E-state index in [4.69, 9.17) is 0 Å². The summed E-state index contributed by atoms with van der Waals surface area (Å²) in [6.45, 7) is 0. The lowest BCUT2D eigenvalue weighted by atomic mass is 10.1. The second-order valence-corrected chi connectivity index (χ2v) is 7.07. The molecule has 1 aromatic rings. The molecular formula is C11H6F6IO5S-. The highest BCUT2D eigenvalue weighted by Gasteiger charge is 2.75. The third-order valence-corrected chi connectivity index (χ3v) is 4.05. The Labute approximate surface area is 144 Å². The summed E-state index contributed by atoms with van der Waals surface area (Å²) in [6, 6.07) is 4.34. The van der Waals surface area contributed by atoms with Crippen molar-refractivity contribution in [1.29, 1.82) is 0 Å². The molecule has 0 unspecified atom stereocenters. The normalized spacial score (nSPS) is 13.7. The minimum atomic E-state index is -6.39. The van der Waals surface area contributed by atoms with Crippen molar-refractivity contribution in [1.82, 2.24) is 0 Å². The van der Waals surface area contributed by atoms with Crippen LogP contribution in [0.3, 0.4) is 0 Å². The van der Waals surface area contributed by atoms with E-state index in [1.54, 1.807) is 22.6 Å². The second kappa shape index (κ2) is 6.67. The molecule has 136 valence electrons. The third-order valence-electron chi connectivity index (χ3n) is 2.62. The van der Waals surface area contributed by atoms with Crippen LogP contribution < -0.4 is 0 Å². The maximum absolute atomic E-state index is 13.0. The Kier molecular flexibility index (Phi) is 5.82. The first-order valence-electron chi connectivity index (χ1n) is 5.65. The summed E-state index contributed by atoms with van der Waals surface area (Å²) in [5.41, 5.74) is -6.15. The van der Waals surface area contributed by atoms with Crippen LogP contribution in [0.5, 0.6) is 0 Å². The van der Waals surface area contributed by atoms with E-state index in [2.05, 4.69) is 4.74 Å². The van der Waals surface area contributed by atoms with Gasteiger partial charge in [0.25, 0.3) is 0 Å². The molecule has 0 bridgehead atoms. The van der Waals surface area contributed by atoms with E-state index < -0.39 is 45.4 Å². The summed E-state index contributed by atoms with van der Waals surface area (Å²) in [4.78, 5) is 11.7. The van der Waals surface area contributed by atoms with Gasteiger partial charge in [0.15, 0.2) is 0 Å². The van der Waals surface area contributed by atoms with E-state index in [0.29, 0.717) is 3.57 Å². The van der Waals surface area contributed by atoms with Gasteiger partial charge in [-0.15, -0.1) is 0 Å². The van der Waals surface area contributed by atoms with Gasteiger partial charge in [0, 0.05) is 3.57 Å². The van der Waals surface area contributed by atoms with Crippen LogP contribution in [0.1, 0.15) is 10.4 Å². The largest absolute Gasteiger partial charge is 0.748 e. The summed E-state index contributed by atoms with van der Waals surface area (Å²) in [6.07, 6.45) is -12.8. The van der Waals surface area contributed by atoms with Crippen LogP contribution >= 0.6 is 22.6 Å². The number of rotatable bonds is 4. The molecule has 0 saturated carbocycles. The molecule has 0 atom stereocenters. The standard InChI is InChI=1S/C11H7F6IO5S/c12-10(13,14)9(11(15,16)17,5-24(20,21)22)23-8(19)6-2-1-3-7(18)4-6/h1-4H,5H2,(H,20,21,22)/p-1. The van der Waals surface area contributed by atoms with Gasteiger partial charge in [-0.05, 0) is 40.8 Å². The van der Waals surface area contributed by atoms with Gasteiger partial charge in [-0.25, -0.2) is 13.2 Å². The number of esters is 1. The molecule has 0 heterocycles. The van der Waals surface area contributed by atoms with E-state index in [1.165, 1.54) is 6.07 Å². The van der Waals surface area contributed by atoms with Crippen LogP contribution in [0, 0.1) is 3.57 Å². The molecule has 5 nitrogen and oxygen atoms in total. The molecule has 0 saturated heterocycles. The zero-order valence-corrected chi connectivity index (χ0v) is 14.1. The van der Waals surface area contributed by atoms with Crippen molar-refractivity contribution in [2.24, 2.45) is 0 Å². The number of hydrogen-bond donors (Lipinski definition) is 0. The molecule has 0 aromatic heterocycles. The maximum Gasteiger partial charge on any atom is 0.438 e. The van der Waals surface area contributed by atoms with Crippen LogP contribution in [0.25, 0.3) is 0 Å². The summed E-state index contributed by atoms with van der Waals surface area (Å²) < 4.78 is 113. The Hall–Kier alpha value is -1.09. The summed E-state index contributed by atoms with van der Waals surface area (Å²) in [5.74, 6) is -5.10. The van der Waals surface area contributed by atoms with Crippen LogP contribution in [0.4, 0.5) is 26.3 Å². The fourth-order valence-electron chi connectivity index (χ4n) is 1.55. The average molecular weight is 491 g/mol. The molecule has 0 aliphatic rings. The Morgan fingerprint density at radius 3 is 2.00 bits per heavy atom. The molecule has 0 N–H and O–H groups in total. The first-order chi connectivity index (χ1) is 10.6. The number of carbonyl (C=O) groups excluding carboxylic acids is 1. The first kappa shape index (κ1) is 21.0. The Morgan fingerprint density at radius 1 is 1.12 bits per heavy atom. The van der Waals surface area contributed by atoms with E-state index in [9.17, 15) is 44.1 Å². The lowest BCUT2D eigenvalue weighted by Crippen LogP contribution is -2.63. The van der Waals surface area contributed by atoms with Gasteiger partial charge in [0.2, 0.25) is 0 Å². The van der Waals surface area contributed by atoms with Gasteiger partial charge in [0.1, 0.15) is 0 Å². The van der Waals surface area contributed by atoms with Crippen molar-refractivity contribution in [2.75, 3.05) is 5.75 Å². The van der Waals surface area contributed by atoms with Crippen molar-refractivity contribution < 1.29 is 48.8 Å². The minimum absolute atomic E-state index is 0.295. The SMILES string of the molecule is O=C(OC(CS(=O)(=O)[O-])(C(F)(F)F)C(F)(F)F)c1cccc(I)c1. The van der Waals surface area contributed by atoms with Crippen molar-refractivity contribution >= 4 is 38.7 Å². The zero-order chi connectivity index (χ0) is 19.0. The number of hydrogen-bond acceptors (Lipinski definition) is 5. The lowest BCUT2D eigenvalue weighted by molar-refractivity contribution is -0.356. The highest BCUT2D eigenvalue weighted by molar-refractivity contribution is 14.1. The van der Waals surface area contributed by atoms with Gasteiger partial charge in [-0.3, -0.25) is 0 Å². The molecule has 1 rings (SSSR count). The summed E-state index contributed by atoms with van der Waals surface area (Å²) >= 11 is 1.63. The summed E-state index contributed by atoms with van der Waals surface area (Å²) in [7, 11) is -6.05. The monoisotopic (exact) mass is 491 g/mol. The van der Waals surface area contributed by atoms with Crippen LogP contribution in [0.15, 0.2) is 24.3 Å². The van der Waals surface area contributed by atoms with E-state index in [0.717, 1.165) is 18.2 Å². The predicted octanol–water partition coefficient (Wildman–Crippen LogP) is 2.86. The average Bonchev–Trinajstić information content (AvgIpc) is 2.33. The molecule has 0 fully saturated rings. The van der Waals surface area contributed by atoms with Crippen LogP contribution in [0.2, 0.25) is 0 Å². The number of halogens is 7. The lowest BCUT2D eigenvalue weighted by Gasteiger charge is -2.36. The van der Waals surface area contributed by atoms with Crippen LogP contribution in [-0.2, 0) is 14.9 Å². The third kappa shape index (κ3) is 4.72. The Morgan fingerprint density at radius 2 is 1.62 bits per heavy atom. The topological polar surface area (TPSA) is 83.5 Å². The van der Waals surface area contributed by atoms with Gasteiger partial charge >= 0.3 is 23.9 Å².